The highest BCUT2D eigenvalue weighted by molar-refractivity contribution is 7.15. The molecule has 0 aliphatic heterocycles. The minimum Gasteiger partial charge on any atom is -0.343 e. The highest BCUT2D eigenvalue weighted by Gasteiger charge is 2.21. The van der Waals surface area contributed by atoms with Crippen LogP contribution in [0.4, 0.5) is 0 Å². The summed E-state index contributed by atoms with van der Waals surface area (Å²) in [5, 5.41) is 8.98. The number of amides is 1. The molecule has 21 heavy (non-hydrogen) atoms. The minimum absolute atomic E-state index is 0.141. The molecular formula is C13H15N5OS2. The number of nitrogens with one attached hydrogen (secondary N) is 1. The molecule has 0 aliphatic rings. The molecule has 0 saturated heterocycles. The van der Waals surface area contributed by atoms with Crippen molar-refractivity contribution in [2.75, 3.05) is 0 Å². The Bertz CT molecular complexity index is 744. The first-order chi connectivity index (χ1) is 10.1. The van der Waals surface area contributed by atoms with Crippen molar-refractivity contribution in [2.45, 2.75) is 32.7 Å². The van der Waals surface area contributed by atoms with Gasteiger partial charge in [-0.25, -0.2) is 4.98 Å². The highest BCUT2D eigenvalue weighted by atomic mass is 32.1. The molecule has 0 unspecified atom stereocenters. The van der Waals surface area contributed by atoms with Gasteiger partial charge in [-0.05, 0) is 24.4 Å². The van der Waals surface area contributed by atoms with Gasteiger partial charge in [0.15, 0.2) is 4.96 Å². The quantitative estimate of drug-likeness (QED) is 0.802. The maximum absolute atomic E-state index is 12.4. The highest BCUT2D eigenvalue weighted by Crippen LogP contribution is 2.21. The molecule has 3 heterocycles. The molecule has 0 aromatic carbocycles. The van der Waals surface area contributed by atoms with E-state index in [0.29, 0.717) is 4.88 Å². The number of aromatic nitrogens is 4. The average molecular weight is 321 g/mol. The third-order valence-electron chi connectivity index (χ3n) is 3.17. The van der Waals surface area contributed by atoms with E-state index >= 15 is 0 Å². The van der Waals surface area contributed by atoms with Crippen LogP contribution in [0.5, 0.6) is 0 Å². The van der Waals surface area contributed by atoms with Gasteiger partial charge < -0.3 is 5.32 Å². The SMILES string of the molecule is CC(C)c1nnsc1C(=O)N[C@@H](C)c1cn2ccsc2n1. The molecule has 8 heteroatoms. The molecule has 1 N–H and O–H groups in total. The van der Waals surface area contributed by atoms with Gasteiger partial charge >= 0.3 is 0 Å². The Morgan fingerprint density at radius 2 is 2.19 bits per heavy atom. The van der Waals surface area contributed by atoms with Gasteiger partial charge in [-0.2, -0.15) is 0 Å². The van der Waals surface area contributed by atoms with Gasteiger partial charge in [0, 0.05) is 17.8 Å². The Morgan fingerprint density at radius 1 is 1.38 bits per heavy atom. The zero-order valence-electron chi connectivity index (χ0n) is 11.9. The number of fused-ring (bicyclic) bond motifs is 1. The first kappa shape index (κ1) is 14.2. The summed E-state index contributed by atoms with van der Waals surface area (Å²) in [6.07, 6.45) is 3.89. The Morgan fingerprint density at radius 3 is 2.90 bits per heavy atom. The standard InChI is InChI=1S/C13H15N5OS2/c1-7(2)10-11(21-17-16-10)12(19)14-8(3)9-6-18-4-5-20-13(18)15-9/h4-8H,1-3H3,(H,14,19)/t8-/m0/s1. The summed E-state index contributed by atoms with van der Waals surface area (Å²) >= 11 is 2.70. The summed E-state index contributed by atoms with van der Waals surface area (Å²) in [6.45, 7) is 5.93. The number of thiazole rings is 1. The Hall–Kier alpha value is -1.80. The molecule has 3 aromatic rings. The molecule has 0 spiro atoms. The van der Waals surface area contributed by atoms with Gasteiger partial charge in [0.1, 0.15) is 4.88 Å². The van der Waals surface area contributed by atoms with Crippen molar-refractivity contribution in [1.29, 1.82) is 0 Å². The minimum atomic E-state index is -0.160. The molecule has 0 radical (unpaired) electrons. The molecule has 6 nitrogen and oxygen atoms in total. The van der Waals surface area contributed by atoms with Crippen LogP contribution in [0.2, 0.25) is 0 Å². The Labute approximate surface area is 130 Å². The fraction of sp³-hybridized carbons (Fsp3) is 0.385. The van der Waals surface area contributed by atoms with Crippen LogP contribution in [0, 0.1) is 0 Å². The van der Waals surface area contributed by atoms with Crippen LogP contribution in [0.25, 0.3) is 4.96 Å². The van der Waals surface area contributed by atoms with Crippen LogP contribution in [0.15, 0.2) is 17.8 Å². The van der Waals surface area contributed by atoms with Crippen molar-refractivity contribution < 1.29 is 4.79 Å². The van der Waals surface area contributed by atoms with Crippen LogP contribution in [0.1, 0.15) is 53.8 Å². The molecule has 0 fully saturated rings. The summed E-state index contributed by atoms with van der Waals surface area (Å²) < 4.78 is 5.84. The van der Waals surface area contributed by atoms with E-state index in [1.165, 1.54) is 0 Å². The van der Waals surface area contributed by atoms with Crippen LogP contribution in [-0.4, -0.2) is 24.9 Å². The molecule has 0 aliphatic carbocycles. The van der Waals surface area contributed by atoms with Gasteiger partial charge in [-0.15, -0.1) is 16.4 Å². The van der Waals surface area contributed by atoms with Gasteiger partial charge in [0.25, 0.3) is 5.91 Å². The summed E-state index contributed by atoms with van der Waals surface area (Å²) in [6, 6.07) is -0.160. The molecule has 1 atom stereocenters. The first-order valence-electron chi connectivity index (χ1n) is 6.61. The number of imidazole rings is 1. The first-order valence-corrected chi connectivity index (χ1v) is 8.26. The lowest BCUT2D eigenvalue weighted by atomic mass is 10.1. The second-order valence-electron chi connectivity index (χ2n) is 5.10. The van der Waals surface area contributed by atoms with Crippen molar-refractivity contribution in [3.05, 3.63) is 34.0 Å². The predicted molar refractivity (Wildman–Crippen MR) is 82.9 cm³/mol. The molecular weight excluding hydrogens is 306 g/mol. The van der Waals surface area contributed by atoms with E-state index in [9.17, 15) is 4.79 Å². The molecule has 1 amide bonds. The topological polar surface area (TPSA) is 72.2 Å². The molecule has 0 saturated carbocycles. The van der Waals surface area contributed by atoms with Crippen molar-refractivity contribution in [2.24, 2.45) is 0 Å². The molecule has 0 bridgehead atoms. The third kappa shape index (κ3) is 2.68. The van der Waals surface area contributed by atoms with Crippen LogP contribution in [-0.2, 0) is 0 Å². The summed E-state index contributed by atoms with van der Waals surface area (Å²) in [5.41, 5.74) is 1.59. The molecule has 3 rings (SSSR count). The summed E-state index contributed by atoms with van der Waals surface area (Å²) in [4.78, 5) is 18.4. The average Bonchev–Trinajstić information content (AvgIpc) is 3.13. The van der Waals surface area contributed by atoms with Gasteiger partial charge in [-0.3, -0.25) is 9.20 Å². The van der Waals surface area contributed by atoms with Gasteiger partial charge in [0.05, 0.1) is 17.4 Å². The van der Waals surface area contributed by atoms with Crippen molar-refractivity contribution >= 4 is 33.7 Å². The van der Waals surface area contributed by atoms with Crippen LogP contribution in [0.3, 0.4) is 0 Å². The maximum Gasteiger partial charge on any atom is 0.265 e. The Kier molecular flexibility index (Phi) is 3.73. The largest absolute Gasteiger partial charge is 0.343 e. The van der Waals surface area contributed by atoms with E-state index in [4.69, 9.17) is 0 Å². The Balaban J connectivity index is 1.77. The number of rotatable bonds is 4. The summed E-state index contributed by atoms with van der Waals surface area (Å²) in [7, 11) is 0. The van der Waals surface area contributed by atoms with Crippen LogP contribution >= 0.6 is 22.9 Å². The van der Waals surface area contributed by atoms with E-state index in [1.807, 2.05) is 42.9 Å². The van der Waals surface area contributed by atoms with Gasteiger partial charge in [0.2, 0.25) is 0 Å². The normalized spacial score (nSPS) is 13.0. The maximum atomic E-state index is 12.4. The zero-order chi connectivity index (χ0) is 15.0. The monoisotopic (exact) mass is 321 g/mol. The number of carbonyl (C=O) groups is 1. The van der Waals surface area contributed by atoms with Crippen molar-refractivity contribution in [3.63, 3.8) is 0 Å². The lowest BCUT2D eigenvalue weighted by Gasteiger charge is -2.11. The molecule has 3 aromatic heterocycles. The fourth-order valence-electron chi connectivity index (χ4n) is 2.02. The van der Waals surface area contributed by atoms with Gasteiger partial charge in [-0.1, -0.05) is 18.3 Å². The third-order valence-corrected chi connectivity index (χ3v) is 4.68. The van der Waals surface area contributed by atoms with E-state index in [-0.39, 0.29) is 17.9 Å². The van der Waals surface area contributed by atoms with Crippen LogP contribution < -0.4 is 5.32 Å². The summed E-state index contributed by atoms with van der Waals surface area (Å²) in [5.74, 6) is 0.0373. The number of hydrogen-bond donors (Lipinski definition) is 1. The second kappa shape index (κ2) is 5.53. The van der Waals surface area contributed by atoms with E-state index in [1.54, 1.807) is 11.3 Å². The number of carbonyl (C=O) groups excluding carboxylic acids is 1. The smallest absolute Gasteiger partial charge is 0.265 e. The number of hydrogen-bond acceptors (Lipinski definition) is 6. The predicted octanol–water partition coefficient (Wildman–Crippen LogP) is 2.86. The van der Waals surface area contributed by atoms with Crippen molar-refractivity contribution in [1.82, 2.24) is 24.3 Å². The number of nitrogens with zero attached hydrogens (tertiary/aromatic N) is 4. The fourth-order valence-corrected chi connectivity index (χ4v) is 3.45. The lowest BCUT2D eigenvalue weighted by molar-refractivity contribution is 0.0942. The second-order valence-corrected chi connectivity index (χ2v) is 6.72. The van der Waals surface area contributed by atoms with E-state index < -0.39 is 0 Å². The van der Waals surface area contributed by atoms with Crippen molar-refractivity contribution in [3.8, 4) is 0 Å². The zero-order valence-corrected chi connectivity index (χ0v) is 13.5. The molecule has 110 valence electrons. The lowest BCUT2D eigenvalue weighted by Crippen LogP contribution is -2.27. The van der Waals surface area contributed by atoms with E-state index in [0.717, 1.165) is 27.9 Å². The van der Waals surface area contributed by atoms with E-state index in [2.05, 4.69) is 19.9 Å².